The second kappa shape index (κ2) is 6.51. The molecule has 0 radical (unpaired) electrons. The summed E-state index contributed by atoms with van der Waals surface area (Å²) in [6.07, 6.45) is 1.34. The number of carbonyl (C=O) groups is 1. The Kier molecular flexibility index (Phi) is 5.04. The number of carbonyl (C=O) groups excluding carboxylic acids is 1. The number of hydrogen-bond acceptors (Lipinski definition) is 5. The van der Waals surface area contributed by atoms with Crippen molar-refractivity contribution in [2.45, 2.75) is 72.2 Å². The van der Waals surface area contributed by atoms with E-state index in [1.807, 2.05) is 34.6 Å². The zero-order chi connectivity index (χ0) is 17.3. The van der Waals surface area contributed by atoms with Crippen LogP contribution in [0.4, 0.5) is 4.79 Å². The van der Waals surface area contributed by atoms with Crippen molar-refractivity contribution in [1.29, 1.82) is 0 Å². The molecular weight excluding hydrogens is 296 g/mol. The minimum Gasteiger partial charge on any atom is -0.444 e. The van der Waals surface area contributed by atoms with Gasteiger partial charge in [0.15, 0.2) is 0 Å². The van der Waals surface area contributed by atoms with E-state index in [0.717, 1.165) is 24.3 Å². The van der Waals surface area contributed by atoms with Gasteiger partial charge in [-0.3, -0.25) is 0 Å². The molecule has 2 rings (SSSR count). The molecule has 2 heterocycles. The molecule has 1 amide bonds. The average molecular weight is 324 g/mol. The minimum absolute atomic E-state index is 0.278. The Morgan fingerprint density at radius 3 is 2.61 bits per heavy atom. The van der Waals surface area contributed by atoms with Crippen LogP contribution in [0.15, 0.2) is 4.42 Å². The van der Waals surface area contributed by atoms with Gasteiger partial charge in [0.25, 0.3) is 0 Å². The minimum atomic E-state index is -0.484. The molecule has 130 valence electrons. The van der Waals surface area contributed by atoms with Crippen molar-refractivity contribution >= 4 is 6.09 Å². The molecule has 0 N–H and O–H groups in total. The van der Waals surface area contributed by atoms with Crippen molar-refractivity contribution < 1.29 is 18.7 Å². The molecule has 1 unspecified atom stereocenters. The number of nitrogens with zero attached hydrogens (tertiary/aromatic N) is 2. The van der Waals surface area contributed by atoms with E-state index in [-0.39, 0.29) is 11.7 Å². The van der Waals surface area contributed by atoms with Crippen molar-refractivity contribution in [3.63, 3.8) is 0 Å². The highest BCUT2D eigenvalue weighted by Gasteiger charge is 2.41. The Bertz CT molecular complexity index is 542. The van der Waals surface area contributed by atoms with Gasteiger partial charge in [-0.05, 0) is 47.5 Å². The quantitative estimate of drug-likeness (QED) is 0.846. The molecule has 1 saturated heterocycles. The lowest BCUT2D eigenvalue weighted by atomic mass is 10.00. The molecule has 1 atom stereocenters. The Balaban J connectivity index is 1.95. The molecule has 1 aliphatic heterocycles. The second-order valence-corrected chi connectivity index (χ2v) is 7.23. The van der Waals surface area contributed by atoms with Gasteiger partial charge in [-0.15, -0.1) is 0 Å². The predicted octanol–water partition coefficient (Wildman–Crippen LogP) is 3.60. The summed E-state index contributed by atoms with van der Waals surface area (Å²) in [7, 11) is 0. The maximum atomic E-state index is 12.2. The van der Waals surface area contributed by atoms with E-state index in [0.29, 0.717) is 25.6 Å². The molecule has 1 aromatic rings. The first-order chi connectivity index (χ1) is 10.6. The average Bonchev–Trinajstić information content (AvgIpc) is 3.00. The molecule has 1 fully saturated rings. The smallest absolute Gasteiger partial charge is 0.410 e. The van der Waals surface area contributed by atoms with Gasteiger partial charge < -0.3 is 18.8 Å². The third-order valence-electron chi connectivity index (χ3n) is 4.19. The van der Waals surface area contributed by atoms with E-state index in [4.69, 9.17) is 13.9 Å². The van der Waals surface area contributed by atoms with Crippen LogP contribution in [0.1, 0.15) is 57.9 Å². The lowest BCUT2D eigenvalue weighted by Crippen LogP contribution is -2.40. The molecular formula is C17H28N2O4. The monoisotopic (exact) mass is 324 g/mol. The maximum absolute atomic E-state index is 12.2. The third-order valence-corrected chi connectivity index (χ3v) is 4.19. The highest BCUT2D eigenvalue weighted by atomic mass is 16.6. The summed E-state index contributed by atoms with van der Waals surface area (Å²) in [5, 5.41) is 0. The number of aryl methyl sites for hydroxylation is 2. The van der Waals surface area contributed by atoms with Gasteiger partial charge >= 0.3 is 6.09 Å². The van der Waals surface area contributed by atoms with Crippen LogP contribution in [-0.4, -0.2) is 40.3 Å². The van der Waals surface area contributed by atoms with Crippen LogP contribution in [-0.2, 0) is 16.1 Å². The molecule has 0 bridgehead atoms. The zero-order valence-corrected chi connectivity index (χ0v) is 15.1. The van der Waals surface area contributed by atoms with E-state index in [1.54, 1.807) is 4.90 Å². The number of hydrogen-bond donors (Lipinski definition) is 0. The molecule has 0 aromatic carbocycles. The van der Waals surface area contributed by atoms with Crippen molar-refractivity contribution in [3.8, 4) is 0 Å². The highest BCUT2D eigenvalue weighted by Crippen LogP contribution is 2.31. The van der Waals surface area contributed by atoms with Crippen LogP contribution in [0, 0.1) is 13.8 Å². The lowest BCUT2D eigenvalue weighted by molar-refractivity contribution is -0.0600. The van der Waals surface area contributed by atoms with Crippen LogP contribution >= 0.6 is 0 Å². The van der Waals surface area contributed by atoms with Crippen LogP contribution < -0.4 is 0 Å². The summed E-state index contributed by atoms with van der Waals surface area (Å²) in [4.78, 5) is 18.3. The highest BCUT2D eigenvalue weighted by molar-refractivity contribution is 5.68. The topological polar surface area (TPSA) is 64.8 Å². The van der Waals surface area contributed by atoms with Crippen LogP contribution in [0.3, 0.4) is 0 Å². The van der Waals surface area contributed by atoms with Crippen molar-refractivity contribution in [2.75, 3.05) is 13.1 Å². The maximum Gasteiger partial charge on any atom is 0.410 e. The summed E-state index contributed by atoms with van der Waals surface area (Å²) in [6, 6.07) is 0. The van der Waals surface area contributed by atoms with E-state index in [2.05, 4.69) is 11.9 Å². The SMILES string of the molecule is CCC1(OCc2nc(C)c(C)o2)CCN(C(=O)OC(C)(C)C)C1. The van der Waals surface area contributed by atoms with E-state index >= 15 is 0 Å². The summed E-state index contributed by atoms with van der Waals surface area (Å²) in [6.45, 7) is 13.0. The lowest BCUT2D eigenvalue weighted by Gasteiger charge is -2.29. The summed E-state index contributed by atoms with van der Waals surface area (Å²) < 4.78 is 17.1. The fourth-order valence-electron chi connectivity index (χ4n) is 2.65. The molecule has 0 aliphatic carbocycles. The van der Waals surface area contributed by atoms with E-state index < -0.39 is 5.60 Å². The van der Waals surface area contributed by atoms with Gasteiger partial charge in [-0.25, -0.2) is 9.78 Å². The molecule has 0 saturated carbocycles. The molecule has 1 aromatic heterocycles. The first kappa shape index (κ1) is 17.8. The van der Waals surface area contributed by atoms with Crippen molar-refractivity contribution in [2.24, 2.45) is 0 Å². The Labute approximate surface area is 138 Å². The predicted molar refractivity (Wildman–Crippen MR) is 86.2 cm³/mol. The normalized spacial score (nSPS) is 21.7. The van der Waals surface area contributed by atoms with Gasteiger partial charge in [0.2, 0.25) is 5.89 Å². The Hall–Kier alpha value is -1.56. The third kappa shape index (κ3) is 4.47. The van der Waals surface area contributed by atoms with Gasteiger partial charge in [0, 0.05) is 6.54 Å². The van der Waals surface area contributed by atoms with Gasteiger partial charge in [0.05, 0.1) is 17.8 Å². The molecule has 6 nitrogen and oxygen atoms in total. The number of likely N-dealkylation sites (tertiary alicyclic amines) is 1. The van der Waals surface area contributed by atoms with E-state index in [9.17, 15) is 4.79 Å². The van der Waals surface area contributed by atoms with Crippen LogP contribution in [0.2, 0.25) is 0 Å². The fraction of sp³-hybridized carbons (Fsp3) is 0.765. The van der Waals surface area contributed by atoms with Crippen LogP contribution in [0.5, 0.6) is 0 Å². The standard InChI is InChI=1S/C17H28N2O4/c1-7-17(21-10-14-18-12(2)13(3)22-14)8-9-19(11-17)15(20)23-16(4,5)6/h7-11H2,1-6H3. The molecule has 23 heavy (non-hydrogen) atoms. The first-order valence-electron chi connectivity index (χ1n) is 8.19. The van der Waals surface area contributed by atoms with E-state index in [1.165, 1.54) is 0 Å². The largest absolute Gasteiger partial charge is 0.444 e. The summed E-state index contributed by atoms with van der Waals surface area (Å²) in [5.74, 6) is 1.40. The van der Waals surface area contributed by atoms with Gasteiger partial charge in [-0.1, -0.05) is 6.92 Å². The fourth-order valence-corrected chi connectivity index (χ4v) is 2.65. The number of ether oxygens (including phenoxy) is 2. The van der Waals surface area contributed by atoms with Gasteiger partial charge in [0.1, 0.15) is 18.0 Å². The Morgan fingerprint density at radius 1 is 1.39 bits per heavy atom. The van der Waals surface area contributed by atoms with Crippen LogP contribution in [0.25, 0.3) is 0 Å². The molecule has 6 heteroatoms. The second-order valence-electron chi connectivity index (χ2n) is 7.23. The zero-order valence-electron chi connectivity index (χ0n) is 15.1. The number of aromatic nitrogens is 1. The number of rotatable bonds is 4. The number of amides is 1. The van der Waals surface area contributed by atoms with Crippen molar-refractivity contribution in [3.05, 3.63) is 17.3 Å². The Morgan fingerprint density at radius 2 is 2.09 bits per heavy atom. The summed E-state index contributed by atoms with van der Waals surface area (Å²) in [5.41, 5.74) is 0.0476. The summed E-state index contributed by atoms with van der Waals surface area (Å²) >= 11 is 0. The molecule has 1 aliphatic rings. The molecule has 0 spiro atoms. The number of oxazole rings is 1. The van der Waals surface area contributed by atoms with Crippen molar-refractivity contribution in [1.82, 2.24) is 9.88 Å². The first-order valence-corrected chi connectivity index (χ1v) is 8.19. The van der Waals surface area contributed by atoms with Gasteiger partial charge in [-0.2, -0.15) is 0 Å².